The van der Waals surface area contributed by atoms with Crippen LogP contribution in [0.2, 0.25) is 0 Å². The lowest BCUT2D eigenvalue weighted by molar-refractivity contribution is -0.141. The first-order valence-corrected chi connectivity index (χ1v) is 7.57. The highest BCUT2D eigenvalue weighted by Crippen LogP contribution is 2.10. The number of hydrogen-bond acceptors (Lipinski definition) is 2. The molecule has 0 spiro atoms. The number of amides is 1. The maximum atomic E-state index is 12.2. The Morgan fingerprint density at radius 3 is 2.17 bits per heavy atom. The van der Waals surface area contributed by atoms with E-state index in [1.165, 1.54) is 0 Å². The minimum Gasteiger partial charge on any atom is -0.480 e. The third kappa shape index (κ3) is 5.25. The zero-order valence-corrected chi connectivity index (χ0v) is 13.4. The van der Waals surface area contributed by atoms with Gasteiger partial charge in [-0.05, 0) is 25.0 Å². The van der Waals surface area contributed by atoms with Crippen LogP contribution in [0.3, 0.4) is 0 Å². The molecule has 2 rings (SSSR count). The van der Waals surface area contributed by atoms with Gasteiger partial charge in [-0.15, -0.1) is 0 Å². The van der Waals surface area contributed by atoms with Gasteiger partial charge < -0.3 is 10.4 Å². The van der Waals surface area contributed by atoms with Crippen LogP contribution in [-0.4, -0.2) is 23.0 Å². The van der Waals surface area contributed by atoms with E-state index in [0.717, 1.165) is 22.3 Å². The first-order chi connectivity index (χ1) is 10.9. The summed E-state index contributed by atoms with van der Waals surface area (Å²) in [6.45, 7) is 3.95. The number of carboxylic acids is 1. The molecule has 23 heavy (non-hydrogen) atoms. The summed E-state index contributed by atoms with van der Waals surface area (Å²) < 4.78 is 0. The Kier molecular flexibility index (Phi) is 5.52. The fraction of sp³-hybridized carbons (Fsp3) is 0.263. The summed E-state index contributed by atoms with van der Waals surface area (Å²) in [5.41, 5.74) is 3.95. The van der Waals surface area contributed by atoms with Crippen LogP contribution in [0.4, 0.5) is 0 Å². The average Bonchev–Trinajstić information content (AvgIpc) is 2.46. The van der Waals surface area contributed by atoms with Crippen molar-refractivity contribution in [2.24, 2.45) is 0 Å². The highest BCUT2D eigenvalue weighted by atomic mass is 16.4. The lowest BCUT2D eigenvalue weighted by Gasteiger charge is -2.15. The van der Waals surface area contributed by atoms with Gasteiger partial charge in [0.25, 0.3) is 0 Å². The van der Waals surface area contributed by atoms with Gasteiger partial charge in [0.1, 0.15) is 6.04 Å². The van der Waals surface area contributed by atoms with Crippen LogP contribution in [-0.2, 0) is 22.4 Å². The van der Waals surface area contributed by atoms with Gasteiger partial charge >= 0.3 is 5.97 Å². The van der Waals surface area contributed by atoms with Crippen LogP contribution in [0.5, 0.6) is 0 Å². The summed E-state index contributed by atoms with van der Waals surface area (Å²) >= 11 is 0. The fourth-order valence-electron chi connectivity index (χ4n) is 2.65. The molecule has 0 radical (unpaired) electrons. The third-order valence-electron chi connectivity index (χ3n) is 3.56. The molecule has 1 unspecified atom stereocenters. The molecular formula is C19H21NO3. The van der Waals surface area contributed by atoms with E-state index in [9.17, 15) is 14.7 Å². The Morgan fingerprint density at radius 2 is 1.61 bits per heavy atom. The summed E-state index contributed by atoms with van der Waals surface area (Å²) in [7, 11) is 0. The van der Waals surface area contributed by atoms with Crippen molar-refractivity contribution in [3.05, 3.63) is 70.8 Å². The number of aliphatic carboxylic acids is 1. The number of nitrogens with one attached hydrogen (secondary N) is 1. The molecule has 0 aliphatic heterocycles. The van der Waals surface area contributed by atoms with Gasteiger partial charge in [-0.3, -0.25) is 4.79 Å². The predicted octanol–water partition coefficient (Wildman–Crippen LogP) is 2.66. The summed E-state index contributed by atoms with van der Waals surface area (Å²) in [5.74, 6) is -1.30. The smallest absolute Gasteiger partial charge is 0.326 e. The highest BCUT2D eigenvalue weighted by Gasteiger charge is 2.20. The van der Waals surface area contributed by atoms with E-state index in [-0.39, 0.29) is 18.7 Å². The zero-order valence-electron chi connectivity index (χ0n) is 13.4. The summed E-state index contributed by atoms with van der Waals surface area (Å²) in [5, 5.41) is 11.9. The van der Waals surface area contributed by atoms with E-state index < -0.39 is 12.0 Å². The van der Waals surface area contributed by atoms with E-state index >= 15 is 0 Å². The maximum Gasteiger partial charge on any atom is 0.326 e. The summed E-state index contributed by atoms with van der Waals surface area (Å²) in [6.07, 6.45) is 0.454. The van der Waals surface area contributed by atoms with Gasteiger partial charge in [-0.2, -0.15) is 0 Å². The van der Waals surface area contributed by atoms with Crippen molar-refractivity contribution in [2.45, 2.75) is 32.7 Å². The average molecular weight is 311 g/mol. The molecule has 120 valence electrons. The van der Waals surface area contributed by atoms with Gasteiger partial charge in [0.05, 0.1) is 6.42 Å². The topological polar surface area (TPSA) is 66.4 Å². The molecule has 4 nitrogen and oxygen atoms in total. The van der Waals surface area contributed by atoms with E-state index in [1.54, 1.807) is 0 Å². The Bertz CT molecular complexity index is 675. The van der Waals surface area contributed by atoms with Gasteiger partial charge in [0.15, 0.2) is 0 Å². The summed E-state index contributed by atoms with van der Waals surface area (Å²) in [6, 6.07) is 14.3. The number of benzene rings is 2. The largest absolute Gasteiger partial charge is 0.480 e. The van der Waals surface area contributed by atoms with Crippen LogP contribution >= 0.6 is 0 Å². The molecule has 0 saturated heterocycles. The lowest BCUT2D eigenvalue weighted by Crippen LogP contribution is -2.43. The Labute approximate surface area is 136 Å². The van der Waals surface area contributed by atoms with Crippen LogP contribution in [0.25, 0.3) is 0 Å². The van der Waals surface area contributed by atoms with Crippen molar-refractivity contribution in [3.8, 4) is 0 Å². The van der Waals surface area contributed by atoms with E-state index in [4.69, 9.17) is 0 Å². The molecule has 0 aromatic heterocycles. The molecule has 0 saturated carbocycles. The van der Waals surface area contributed by atoms with Crippen LogP contribution in [0, 0.1) is 13.8 Å². The molecule has 0 aliphatic rings. The van der Waals surface area contributed by atoms with Crippen molar-refractivity contribution in [1.29, 1.82) is 0 Å². The standard InChI is InChI=1S/C19H21NO3/c1-13-8-14(2)10-16(9-13)12-18(21)20-17(19(22)23)11-15-6-4-3-5-7-15/h3-10,17H,11-12H2,1-2H3,(H,20,21)(H,22,23). The molecule has 2 N–H and O–H groups in total. The minimum absolute atomic E-state index is 0.182. The first-order valence-electron chi connectivity index (χ1n) is 7.57. The van der Waals surface area contributed by atoms with Crippen LogP contribution in [0.1, 0.15) is 22.3 Å². The van der Waals surface area contributed by atoms with E-state index in [2.05, 4.69) is 5.32 Å². The quantitative estimate of drug-likeness (QED) is 0.862. The highest BCUT2D eigenvalue weighted by molar-refractivity contribution is 5.85. The predicted molar refractivity (Wildman–Crippen MR) is 89.3 cm³/mol. The molecule has 1 atom stereocenters. The monoisotopic (exact) mass is 311 g/mol. The number of carboxylic acid groups (broad SMARTS) is 1. The Hall–Kier alpha value is -2.62. The van der Waals surface area contributed by atoms with Gasteiger partial charge in [-0.1, -0.05) is 59.7 Å². The van der Waals surface area contributed by atoms with Crippen molar-refractivity contribution in [3.63, 3.8) is 0 Å². The number of aryl methyl sites for hydroxylation is 2. The van der Waals surface area contributed by atoms with Gasteiger partial charge in [-0.25, -0.2) is 4.79 Å². The molecule has 2 aromatic carbocycles. The number of rotatable bonds is 6. The molecule has 0 heterocycles. The van der Waals surface area contributed by atoms with E-state index in [0.29, 0.717) is 0 Å². The van der Waals surface area contributed by atoms with Crippen molar-refractivity contribution in [2.75, 3.05) is 0 Å². The second-order valence-corrected chi connectivity index (χ2v) is 5.82. The fourth-order valence-corrected chi connectivity index (χ4v) is 2.65. The molecular weight excluding hydrogens is 290 g/mol. The van der Waals surface area contributed by atoms with Crippen molar-refractivity contribution >= 4 is 11.9 Å². The maximum absolute atomic E-state index is 12.2. The molecule has 0 aliphatic carbocycles. The molecule has 4 heteroatoms. The molecule has 0 bridgehead atoms. The number of carbonyl (C=O) groups excluding carboxylic acids is 1. The lowest BCUT2D eigenvalue weighted by atomic mass is 10.0. The van der Waals surface area contributed by atoms with Crippen LogP contribution < -0.4 is 5.32 Å². The normalized spacial score (nSPS) is 11.7. The molecule has 2 aromatic rings. The van der Waals surface area contributed by atoms with E-state index in [1.807, 2.05) is 62.4 Å². The Morgan fingerprint density at radius 1 is 1.00 bits per heavy atom. The number of carbonyl (C=O) groups is 2. The first kappa shape index (κ1) is 16.7. The zero-order chi connectivity index (χ0) is 16.8. The minimum atomic E-state index is -1.03. The molecule has 1 amide bonds. The van der Waals surface area contributed by atoms with Crippen LogP contribution in [0.15, 0.2) is 48.5 Å². The van der Waals surface area contributed by atoms with Gasteiger partial charge in [0, 0.05) is 6.42 Å². The third-order valence-corrected chi connectivity index (χ3v) is 3.56. The SMILES string of the molecule is Cc1cc(C)cc(CC(=O)NC(Cc2ccccc2)C(=O)O)c1. The van der Waals surface area contributed by atoms with Crippen molar-refractivity contribution < 1.29 is 14.7 Å². The Balaban J connectivity index is 2.02. The second-order valence-electron chi connectivity index (χ2n) is 5.82. The van der Waals surface area contributed by atoms with Crippen molar-refractivity contribution in [1.82, 2.24) is 5.32 Å². The summed E-state index contributed by atoms with van der Waals surface area (Å²) in [4.78, 5) is 23.6. The second kappa shape index (κ2) is 7.58. The molecule has 0 fully saturated rings. The number of hydrogen-bond donors (Lipinski definition) is 2. The van der Waals surface area contributed by atoms with Gasteiger partial charge in [0.2, 0.25) is 5.91 Å².